The van der Waals surface area contributed by atoms with Gasteiger partial charge in [0.1, 0.15) is 30.0 Å². The van der Waals surface area contributed by atoms with E-state index in [-0.39, 0.29) is 73.0 Å². The average Bonchev–Trinajstić information content (AvgIpc) is 4.03. The van der Waals surface area contributed by atoms with Gasteiger partial charge in [-0.2, -0.15) is 5.26 Å². The second-order valence-electron chi connectivity index (χ2n) is 22.8. The minimum Gasteiger partial charge on any atom is -0.489 e. The van der Waals surface area contributed by atoms with Gasteiger partial charge in [-0.1, -0.05) is 96.5 Å². The number of benzene rings is 3. The Hall–Kier alpha value is -5.41. The first kappa shape index (κ1) is 53.9. The van der Waals surface area contributed by atoms with E-state index in [0.29, 0.717) is 27.5 Å². The molecule has 4 heterocycles. The monoisotopic (exact) mass is 1030 g/mol. The highest BCUT2D eigenvalue weighted by atomic mass is 35.5. The highest BCUT2D eigenvalue weighted by Gasteiger charge is 2.64. The molecule has 15 nitrogen and oxygen atoms in total. The Bertz CT molecular complexity index is 2670. The van der Waals surface area contributed by atoms with Gasteiger partial charge < -0.3 is 40.7 Å². The number of aromatic nitrogens is 1. The molecule has 0 radical (unpaired) electrons. The van der Waals surface area contributed by atoms with Gasteiger partial charge in [0, 0.05) is 66.6 Å². The third-order valence-electron chi connectivity index (χ3n) is 15.7. The van der Waals surface area contributed by atoms with Crippen LogP contribution in [0.25, 0.3) is 10.4 Å². The standard InChI is InChI=1S/C56H71ClN8O7S/c1-33-47(73-32-59-33)36-17-15-35(16-18-36)44(31-66)60-50(70)45-24-41(67)29-65(45)51(71)48(54(2,3)4)61-46(68)30-64-39-20-21-40(64)28-63(27-39)23-9-10-34-11-13-37(14-12-34)49(69)62-52-55(5,6)53(56(52,7)8)72-42-22-19-38(26-58)43(57)25-42/h11-19,22,25,32,39-41,44-45,48,52-53,66-67H,9-10,20-21,23-24,27-31H2,1-8H3,(H,60,70)(H,61,68)(H,62,69)/t39?,40?,41-,44+,45+,48-,52-,53-/m1/s1. The number of aliphatic hydroxyl groups is 2. The number of fused-ring (bicyclic) bond motifs is 2. The van der Waals surface area contributed by atoms with Crippen molar-refractivity contribution in [3.8, 4) is 22.3 Å². The van der Waals surface area contributed by atoms with Gasteiger partial charge in [0.25, 0.3) is 5.91 Å². The van der Waals surface area contributed by atoms with E-state index in [0.717, 1.165) is 67.0 Å². The Kier molecular flexibility index (Phi) is 16.1. The molecule has 390 valence electrons. The predicted octanol–water partition coefficient (Wildman–Crippen LogP) is 6.68. The summed E-state index contributed by atoms with van der Waals surface area (Å²) in [5.74, 6) is -0.703. The summed E-state index contributed by atoms with van der Waals surface area (Å²) in [4.78, 5) is 67.3. The lowest BCUT2D eigenvalue weighted by atomic mass is 9.49. The summed E-state index contributed by atoms with van der Waals surface area (Å²) in [7, 11) is 0. The van der Waals surface area contributed by atoms with Crippen molar-refractivity contribution in [3.63, 3.8) is 0 Å². The summed E-state index contributed by atoms with van der Waals surface area (Å²) >= 11 is 7.81. The number of nitriles is 1. The van der Waals surface area contributed by atoms with Crippen molar-refractivity contribution < 1.29 is 34.1 Å². The molecule has 4 amide bonds. The van der Waals surface area contributed by atoms with Crippen molar-refractivity contribution in [1.29, 1.82) is 5.26 Å². The van der Waals surface area contributed by atoms with Crippen LogP contribution in [0, 0.1) is 34.5 Å². The van der Waals surface area contributed by atoms with E-state index in [4.69, 9.17) is 16.3 Å². The molecule has 73 heavy (non-hydrogen) atoms. The Labute approximate surface area is 438 Å². The van der Waals surface area contributed by atoms with E-state index < -0.39 is 41.5 Å². The summed E-state index contributed by atoms with van der Waals surface area (Å²) in [5, 5.41) is 40.0. The Morgan fingerprint density at radius 3 is 2.22 bits per heavy atom. The van der Waals surface area contributed by atoms with Gasteiger partial charge in [-0.25, -0.2) is 4.98 Å². The first-order valence-electron chi connectivity index (χ1n) is 25.5. The highest BCUT2D eigenvalue weighted by Crippen LogP contribution is 2.55. The molecule has 3 aromatic carbocycles. The largest absolute Gasteiger partial charge is 0.489 e. The van der Waals surface area contributed by atoms with E-state index in [9.17, 15) is 34.7 Å². The average molecular weight is 1040 g/mol. The van der Waals surface area contributed by atoms with Crippen molar-refractivity contribution in [2.45, 2.75) is 136 Å². The fourth-order valence-corrected chi connectivity index (χ4v) is 13.1. The summed E-state index contributed by atoms with van der Waals surface area (Å²) in [6.07, 6.45) is 2.71. The van der Waals surface area contributed by atoms with E-state index in [1.165, 1.54) is 4.90 Å². The van der Waals surface area contributed by atoms with Crippen molar-refractivity contribution >= 4 is 46.6 Å². The number of halogens is 1. The number of aryl methyl sites for hydroxylation is 2. The molecule has 4 aromatic rings. The van der Waals surface area contributed by atoms with Crippen LogP contribution in [0.15, 0.2) is 72.2 Å². The number of nitrogens with zero attached hydrogens (tertiary/aromatic N) is 5. The van der Waals surface area contributed by atoms with E-state index in [1.807, 2.05) is 76.2 Å². The lowest BCUT2D eigenvalue weighted by molar-refractivity contribution is -0.164. The molecule has 4 fully saturated rings. The number of carbonyl (C=O) groups excluding carboxylic acids is 4. The van der Waals surface area contributed by atoms with Crippen molar-refractivity contribution in [3.05, 3.63) is 105 Å². The van der Waals surface area contributed by atoms with E-state index >= 15 is 0 Å². The second-order valence-corrected chi connectivity index (χ2v) is 24.1. The number of hydrogen-bond acceptors (Lipinski definition) is 12. The van der Waals surface area contributed by atoms with Crippen LogP contribution in [0.3, 0.4) is 0 Å². The number of nitrogens with one attached hydrogen (secondary N) is 3. The van der Waals surface area contributed by atoms with Gasteiger partial charge >= 0.3 is 0 Å². The maximum Gasteiger partial charge on any atom is 0.251 e. The summed E-state index contributed by atoms with van der Waals surface area (Å²) in [6.45, 7) is 18.3. The third kappa shape index (κ3) is 11.6. The Morgan fingerprint density at radius 1 is 0.959 bits per heavy atom. The number of aliphatic hydroxyl groups excluding tert-OH is 2. The van der Waals surface area contributed by atoms with Gasteiger partial charge in [0.05, 0.1) is 52.0 Å². The van der Waals surface area contributed by atoms with Crippen LogP contribution < -0.4 is 20.7 Å². The number of rotatable bonds is 17. The zero-order valence-corrected chi connectivity index (χ0v) is 44.9. The lowest BCUT2D eigenvalue weighted by Gasteiger charge is -2.63. The van der Waals surface area contributed by atoms with Crippen LogP contribution in [-0.2, 0) is 20.8 Å². The maximum absolute atomic E-state index is 14.4. The number of carbonyl (C=O) groups is 4. The Morgan fingerprint density at radius 2 is 1.63 bits per heavy atom. The summed E-state index contributed by atoms with van der Waals surface area (Å²) < 4.78 is 6.39. The number of β-amino-alcohol motifs (C(OH)–C–C–N with tert-alkyl or cyclic N) is 1. The van der Waals surface area contributed by atoms with Crippen molar-refractivity contribution in [2.24, 2.45) is 16.2 Å². The predicted molar refractivity (Wildman–Crippen MR) is 282 cm³/mol. The lowest BCUT2D eigenvalue weighted by Crippen LogP contribution is -2.74. The molecule has 1 saturated carbocycles. The van der Waals surface area contributed by atoms with Gasteiger partial charge in [-0.15, -0.1) is 11.3 Å². The highest BCUT2D eigenvalue weighted by molar-refractivity contribution is 7.13. The van der Waals surface area contributed by atoms with E-state index in [1.54, 1.807) is 35.0 Å². The number of thiazole rings is 1. The van der Waals surface area contributed by atoms with Crippen LogP contribution in [0.2, 0.25) is 5.02 Å². The molecule has 2 bridgehead atoms. The molecule has 3 saturated heterocycles. The molecule has 0 spiro atoms. The molecule has 1 aromatic heterocycles. The molecular weight excluding hydrogens is 964 g/mol. The van der Waals surface area contributed by atoms with E-state index in [2.05, 4.69) is 64.5 Å². The number of hydrogen-bond donors (Lipinski definition) is 5. The van der Waals surface area contributed by atoms with Crippen LogP contribution >= 0.6 is 22.9 Å². The number of piperazine rings is 1. The quantitative estimate of drug-likeness (QED) is 0.0756. The number of ether oxygens (including phenoxy) is 1. The molecular formula is C56H71ClN8O7S. The molecule has 1 aliphatic carbocycles. The third-order valence-corrected chi connectivity index (χ3v) is 17.0. The van der Waals surface area contributed by atoms with Crippen molar-refractivity contribution in [1.82, 2.24) is 35.6 Å². The van der Waals surface area contributed by atoms with Crippen LogP contribution in [0.5, 0.6) is 5.75 Å². The van der Waals surface area contributed by atoms with Crippen molar-refractivity contribution in [2.75, 3.05) is 39.3 Å². The smallest absolute Gasteiger partial charge is 0.251 e. The fraction of sp³-hybridized carbons (Fsp3) is 0.536. The van der Waals surface area contributed by atoms with Gasteiger partial charge in [-0.05, 0) is 85.5 Å². The minimum atomic E-state index is -0.981. The second kappa shape index (κ2) is 21.8. The maximum atomic E-state index is 14.4. The zero-order chi connectivity index (χ0) is 52.6. The first-order valence-corrected chi connectivity index (χ1v) is 26.8. The zero-order valence-electron chi connectivity index (χ0n) is 43.3. The van der Waals surface area contributed by atoms with Crippen LogP contribution in [-0.4, -0.2) is 135 Å². The van der Waals surface area contributed by atoms with Gasteiger partial charge in [0.15, 0.2) is 0 Å². The molecule has 3 aliphatic heterocycles. The summed E-state index contributed by atoms with van der Waals surface area (Å²) in [5.41, 5.74) is 5.11. The van der Waals surface area contributed by atoms with Gasteiger partial charge in [0.2, 0.25) is 17.7 Å². The summed E-state index contributed by atoms with van der Waals surface area (Å²) in [6, 6.07) is 20.2. The van der Waals surface area contributed by atoms with Crippen LogP contribution in [0.4, 0.5) is 0 Å². The molecule has 6 atom stereocenters. The fourth-order valence-electron chi connectivity index (χ4n) is 12.1. The topological polar surface area (TPSA) is 200 Å². The molecule has 17 heteroatoms. The molecule has 5 N–H and O–H groups in total. The normalized spacial score (nSPS) is 24.2. The van der Waals surface area contributed by atoms with Crippen LogP contribution in [0.1, 0.15) is 113 Å². The van der Waals surface area contributed by atoms with Gasteiger partial charge in [-0.3, -0.25) is 24.1 Å². The minimum absolute atomic E-state index is 0.0416. The first-order chi connectivity index (χ1) is 34.6. The number of amides is 4. The molecule has 2 unspecified atom stereocenters. The molecule has 4 aliphatic rings. The Balaban J connectivity index is 0.795. The molecule has 8 rings (SSSR count). The SMILES string of the molecule is Cc1ncsc1-c1ccc([C@H](CO)NC(=O)[C@@H]2C[C@@H](O)CN2C(=O)[C@@H](NC(=O)CN2C3CCC2CN(CCCc2ccc(C(=O)N[C@H]4C(C)(C)[C@H](Oc5ccc(C#N)c(Cl)c5)C4(C)C)cc2)C3)C(C)(C)C)cc1. The number of likely N-dealkylation sites (tertiary alicyclic amines) is 2.